The second-order valence-corrected chi connectivity index (χ2v) is 6.15. The molecule has 0 aromatic heterocycles. The van der Waals surface area contributed by atoms with Crippen molar-refractivity contribution in [2.45, 2.75) is 26.3 Å². The molecule has 106 valence electrons. The number of unbranched alkanes of at least 4 members (excludes halogenated alkanes) is 1. The van der Waals surface area contributed by atoms with Crippen molar-refractivity contribution in [1.29, 1.82) is 0 Å². The van der Waals surface area contributed by atoms with Crippen LogP contribution in [0.3, 0.4) is 0 Å². The largest absolute Gasteiger partial charge is 0.506 e. The molecular weight excluding hydrogens is 376 g/mol. The molecule has 3 N–H and O–H groups in total. The van der Waals surface area contributed by atoms with Gasteiger partial charge in [-0.25, -0.2) is 0 Å². The molecule has 0 bridgehead atoms. The van der Waals surface area contributed by atoms with Gasteiger partial charge >= 0.3 is 0 Å². The van der Waals surface area contributed by atoms with Crippen LogP contribution in [-0.2, 0) is 11.3 Å². The third-order valence-electron chi connectivity index (χ3n) is 2.69. The van der Waals surface area contributed by atoms with Crippen molar-refractivity contribution in [1.82, 2.24) is 4.90 Å². The third-order valence-corrected chi connectivity index (χ3v) is 3.90. The van der Waals surface area contributed by atoms with Crippen molar-refractivity contribution in [2.75, 3.05) is 13.1 Å². The van der Waals surface area contributed by atoms with E-state index in [4.69, 9.17) is 5.73 Å². The van der Waals surface area contributed by atoms with Gasteiger partial charge in [0, 0.05) is 6.54 Å². The highest BCUT2D eigenvalue weighted by atomic mass is 79.9. The van der Waals surface area contributed by atoms with Crippen LogP contribution in [0.2, 0.25) is 0 Å². The van der Waals surface area contributed by atoms with E-state index in [0.717, 1.165) is 24.9 Å². The lowest BCUT2D eigenvalue weighted by atomic mass is 10.2. The topological polar surface area (TPSA) is 66.6 Å². The first-order valence-corrected chi connectivity index (χ1v) is 7.70. The van der Waals surface area contributed by atoms with E-state index in [9.17, 15) is 9.90 Å². The fourth-order valence-corrected chi connectivity index (χ4v) is 3.06. The average Bonchev–Trinajstić information content (AvgIpc) is 2.32. The van der Waals surface area contributed by atoms with E-state index in [-0.39, 0.29) is 18.2 Å². The van der Waals surface area contributed by atoms with Crippen molar-refractivity contribution in [3.63, 3.8) is 0 Å². The SMILES string of the molecule is CCCCN(CC(N)=O)Cc1cc(Br)c(O)c(Br)c1. The van der Waals surface area contributed by atoms with Gasteiger partial charge in [0.25, 0.3) is 0 Å². The fraction of sp³-hybridized carbons (Fsp3) is 0.462. The fourth-order valence-electron chi connectivity index (χ4n) is 1.78. The van der Waals surface area contributed by atoms with E-state index in [1.807, 2.05) is 17.0 Å². The van der Waals surface area contributed by atoms with Crippen LogP contribution in [-0.4, -0.2) is 29.0 Å². The van der Waals surface area contributed by atoms with Gasteiger partial charge in [-0.3, -0.25) is 9.69 Å². The van der Waals surface area contributed by atoms with Crippen molar-refractivity contribution in [2.24, 2.45) is 5.73 Å². The van der Waals surface area contributed by atoms with Gasteiger partial charge < -0.3 is 10.8 Å². The van der Waals surface area contributed by atoms with E-state index in [0.29, 0.717) is 15.5 Å². The Morgan fingerprint density at radius 1 is 1.37 bits per heavy atom. The minimum Gasteiger partial charge on any atom is -0.506 e. The quantitative estimate of drug-likeness (QED) is 0.748. The summed E-state index contributed by atoms with van der Waals surface area (Å²) in [6.45, 7) is 3.81. The number of hydrogen-bond acceptors (Lipinski definition) is 3. The van der Waals surface area contributed by atoms with Crippen molar-refractivity contribution >= 4 is 37.8 Å². The molecule has 4 nitrogen and oxygen atoms in total. The van der Waals surface area contributed by atoms with Crippen LogP contribution in [0.4, 0.5) is 0 Å². The maximum absolute atomic E-state index is 11.1. The van der Waals surface area contributed by atoms with Crippen LogP contribution in [0.15, 0.2) is 21.1 Å². The lowest BCUT2D eigenvalue weighted by Gasteiger charge is -2.21. The lowest BCUT2D eigenvalue weighted by Crippen LogP contribution is -2.34. The number of nitrogens with two attached hydrogens (primary N) is 1. The molecule has 6 heteroatoms. The van der Waals surface area contributed by atoms with Crippen molar-refractivity contribution < 1.29 is 9.90 Å². The molecule has 1 aromatic carbocycles. The van der Waals surface area contributed by atoms with E-state index in [1.165, 1.54) is 0 Å². The molecule has 0 saturated heterocycles. The van der Waals surface area contributed by atoms with Crippen LogP contribution in [0.1, 0.15) is 25.3 Å². The Labute approximate surface area is 130 Å². The van der Waals surface area contributed by atoms with Gasteiger partial charge in [0.05, 0.1) is 15.5 Å². The number of phenolic OH excluding ortho intramolecular Hbond substituents is 1. The van der Waals surface area contributed by atoms with Crippen LogP contribution in [0.25, 0.3) is 0 Å². The molecule has 0 aliphatic carbocycles. The number of phenols is 1. The number of benzene rings is 1. The molecule has 1 aromatic rings. The maximum Gasteiger partial charge on any atom is 0.231 e. The van der Waals surface area contributed by atoms with Crippen LogP contribution < -0.4 is 5.73 Å². The summed E-state index contributed by atoms with van der Waals surface area (Å²) in [5, 5.41) is 9.67. The number of hydrogen-bond donors (Lipinski definition) is 2. The summed E-state index contributed by atoms with van der Waals surface area (Å²) in [6, 6.07) is 3.69. The Bertz CT molecular complexity index is 429. The minimum atomic E-state index is -0.326. The summed E-state index contributed by atoms with van der Waals surface area (Å²) in [5.74, 6) is -0.147. The number of amides is 1. The number of primary amides is 1. The summed E-state index contributed by atoms with van der Waals surface area (Å²) < 4.78 is 1.26. The average molecular weight is 394 g/mol. The van der Waals surface area contributed by atoms with E-state index in [2.05, 4.69) is 38.8 Å². The third kappa shape index (κ3) is 5.50. The summed E-state index contributed by atoms with van der Waals surface area (Å²) in [5.41, 5.74) is 6.27. The first-order valence-electron chi connectivity index (χ1n) is 6.11. The molecule has 0 spiro atoms. The molecule has 0 heterocycles. The zero-order valence-electron chi connectivity index (χ0n) is 10.8. The maximum atomic E-state index is 11.1. The highest BCUT2D eigenvalue weighted by Crippen LogP contribution is 2.33. The van der Waals surface area contributed by atoms with E-state index >= 15 is 0 Å². The number of halogens is 2. The van der Waals surface area contributed by atoms with Gasteiger partial charge in [-0.05, 0) is 62.5 Å². The monoisotopic (exact) mass is 392 g/mol. The van der Waals surface area contributed by atoms with Gasteiger partial charge in [-0.2, -0.15) is 0 Å². The first kappa shape index (κ1) is 16.5. The standard InChI is InChI=1S/C13H18Br2N2O2/c1-2-3-4-17(8-12(16)18)7-9-5-10(14)13(19)11(15)6-9/h5-6,19H,2-4,7-8H2,1H3,(H2,16,18). The Morgan fingerprint density at radius 2 is 1.95 bits per heavy atom. The highest BCUT2D eigenvalue weighted by molar-refractivity contribution is 9.11. The molecule has 0 fully saturated rings. The Morgan fingerprint density at radius 3 is 2.42 bits per heavy atom. The Balaban J connectivity index is 2.80. The predicted octanol–water partition coefficient (Wildman–Crippen LogP) is 3.00. The molecule has 0 aliphatic heterocycles. The molecule has 0 radical (unpaired) electrons. The van der Waals surface area contributed by atoms with E-state index in [1.54, 1.807) is 0 Å². The number of carbonyl (C=O) groups is 1. The summed E-state index contributed by atoms with van der Waals surface area (Å²) >= 11 is 6.60. The van der Waals surface area contributed by atoms with Gasteiger partial charge in [0.1, 0.15) is 5.75 Å². The number of aromatic hydroxyl groups is 1. The van der Waals surface area contributed by atoms with Crippen LogP contribution >= 0.6 is 31.9 Å². The number of nitrogens with zero attached hydrogens (tertiary/aromatic N) is 1. The van der Waals surface area contributed by atoms with Crippen LogP contribution in [0, 0.1) is 0 Å². The Hall–Kier alpha value is -0.590. The zero-order chi connectivity index (χ0) is 14.4. The number of carbonyl (C=O) groups excluding carboxylic acids is 1. The molecule has 0 saturated carbocycles. The zero-order valence-corrected chi connectivity index (χ0v) is 14.0. The molecule has 1 amide bonds. The number of rotatable bonds is 7. The molecule has 0 atom stereocenters. The highest BCUT2D eigenvalue weighted by Gasteiger charge is 2.11. The van der Waals surface area contributed by atoms with Gasteiger partial charge in [0.15, 0.2) is 0 Å². The van der Waals surface area contributed by atoms with Gasteiger partial charge in [0.2, 0.25) is 5.91 Å². The molecular formula is C13H18Br2N2O2. The van der Waals surface area contributed by atoms with Gasteiger partial charge in [-0.1, -0.05) is 13.3 Å². The predicted molar refractivity (Wildman–Crippen MR) is 82.9 cm³/mol. The lowest BCUT2D eigenvalue weighted by molar-refractivity contribution is -0.119. The first-order chi connectivity index (χ1) is 8.93. The normalized spacial score (nSPS) is 10.9. The minimum absolute atomic E-state index is 0.179. The van der Waals surface area contributed by atoms with Gasteiger partial charge in [-0.15, -0.1) is 0 Å². The summed E-state index contributed by atoms with van der Waals surface area (Å²) in [7, 11) is 0. The molecule has 0 aliphatic rings. The molecule has 0 unspecified atom stereocenters. The summed E-state index contributed by atoms with van der Waals surface area (Å²) in [4.78, 5) is 13.1. The Kier molecular flexibility index (Phi) is 6.82. The second kappa shape index (κ2) is 7.87. The molecule has 19 heavy (non-hydrogen) atoms. The second-order valence-electron chi connectivity index (χ2n) is 4.44. The smallest absolute Gasteiger partial charge is 0.231 e. The molecule has 1 rings (SSSR count). The van der Waals surface area contributed by atoms with Crippen molar-refractivity contribution in [3.8, 4) is 5.75 Å². The van der Waals surface area contributed by atoms with E-state index < -0.39 is 0 Å². The van der Waals surface area contributed by atoms with Crippen molar-refractivity contribution in [3.05, 3.63) is 26.6 Å². The summed E-state index contributed by atoms with van der Waals surface area (Å²) in [6.07, 6.45) is 2.09. The van der Waals surface area contributed by atoms with Crippen LogP contribution in [0.5, 0.6) is 5.75 Å².